The van der Waals surface area contributed by atoms with Crippen LogP contribution in [-0.4, -0.2) is 34.1 Å². The summed E-state index contributed by atoms with van der Waals surface area (Å²) >= 11 is 0. The van der Waals surface area contributed by atoms with E-state index in [1.807, 2.05) is 0 Å². The van der Waals surface area contributed by atoms with Crippen molar-refractivity contribution in [2.45, 2.75) is 20.0 Å². The molecule has 0 unspecified atom stereocenters. The summed E-state index contributed by atoms with van der Waals surface area (Å²) in [4.78, 5) is 35.8. The second-order valence-corrected chi connectivity index (χ2v) is 6.63. The van der Waals surface area contributed by atoms with Crippen molar-refractivity contribution in [1.82, 2.24) is 0 Å². The Labute approximate surface area is 172 Å². The number of aromatic hydroxyl groups is 2. The Balaban J connectivity index is 1.69. The summed E-state index contributed by atoms with van der Waals surface area (Å²) in [5, 5.41) is 26.4. The average Bonchev–Trinajstić information content (AvgIpc) is 2.71. The molecular weight excluding hydrogens is 388 g/mol. The van der Waals surface area contributed by atoms with Crippen LogP contribution in [-0.2, 0) is 14.3 Å². The molecule has 0 saturated carbocycles. The number of esters is 1. The van der Waals surface area contributed by atoms with Crippen LogP contribution in [0.15, 0.2) is 54.6 Å². The number of benzene rings is 3. The predicted octanol–water partition coefficient (Wildman–Crippen LogP) is 3.39. The molecule has 0 aliphatic heterocycles. The largest absolute Gasteiger partial charge is 0.507 e. The molecule has 0 bridgehead atoms. The SMILES string of the molecule is CC(=O)Nc1ccc(NC(=O)[C@@H](C)OC(=O)c2cc(O)c3ccccc3c2O)cc1. The number of nitrogens with one attached hydrogen (secondary N) is 2. The molecule has 0 aliphatic carbocycles. The molecule has 8 heteroatoms. The third-order valence-corrected chi connectivity index (χ3v) is 4.34. The number of carbonyl (C=O) groups is 3. The van der Waals surface area contributed by atoms with Crippen LogP contribution in [0.25, 0.3) is 10.8 Å². The van der Waals surface area contributed by atoms with E-state index in [2.05, 4.69) is 10.6 Å². The molecule has 0 saturated heterocycles. The van der Waals surface area contributed by atoms with Crippen molar-refractivity contribution in [2.24, 2.45) is 0 Å². The lowest BCUT2D eigenvalue weighted by atomic mass is 10.0. The highest BCUT2D eigenvalue weighted by Gasteiger charge is 2.23. The van der Waals surface area contributed by atoms with E-state index < -0.39 is 18.0 Å². The van der Waals surface area contributed by atoms with Gasteiger partial charge in [0.1, 0.15) is 17.1 Å². The van der Waals surface area contributed by atoms with Crippen molar-refractivity contribution in [3.05, 3.63) is 60.2 Å². The maximum Gasteiger partial charge on any atom is 0.342 e. The zero-order chi connectivity index (χ0) is 21.8. The van der Waals surface area contributed by atoms with E-state index in [1.165, 1.54) is 13.8 Å². The number of hydrogen-bond acceptors (Lipinski definition) is 6. The Kier molecular flexibility index (Phi) is 5.87. The number of anilines is 2. The van der Waals surface area contributed by atoms with Gasteiger partial charge < -0.3 is 25.6 Å². The molecule has 8 nitrogen and oxygen atoms in total. The first-order chi connectivity index (χ1) is 14.3. The normalized spacial score (nSPS) is 11.5. The Hall–Kier alpha value is -4.07. The Morgan fingerprint density at radius 1 is 0.900 bits per heavy atom. The number of fused-ring (bicyclic) bond motifs is 1. The van der Waals surface area contributed by atoms with Crippen LogP contribution >= 0.6 is 0 Å². The second kappa shape index (κ2) is 8.52. The quantitative estimate of drug-likeness (QED) is 0.379. The molecule has 3 rings (SSSR count). The van der Waals surface area contributed by atoms with Crippen molar-refractivity contribution >= 4 is 39.9 Å². The van der Waals surface area contributed by atoms with Gasteiger partial charge in [-0.2, -0.15) is 0 Å². The number of phenolic OH excluding ortho intramolecular Hbond substituents is 2. The van der Waals surface area contributed by atoms with Crippen LogP contribution in [0.5, 0.6) is 11.5 Å². The third kappa shape index (κ3) is 4.49. The van der Waals surface area contributed by atoms with Crippen LogP contribution in [0.2, 0.25) is 0 Å². The zero-order valence-electron chi connectivity index (χ0n) is 16.3. The predicted molar refractivity (Wildman–Crippen MR) is 112 cm³/mol. The monoisotopic (exact) mass is 408 g/mol. The maximum absolute atomic E-state index is 12.5. The van der Waals surface area contributed by atoms with E-state index >= 15 is 0 Å². The lowest BCUT2D eigenvalue weighted by molar-refractivity contribution is -0.123. The van der Waals surface area contributed by atoms with E-state index in [-0.39, 0.29) is 23.0 Å². The Morgan fingerprint density at radius 3 is 2.07 bits per heavy atom. The first-order valence-corrected chi connectivity index (χ1v) is 9.09. The standard InChI is InChI=1S/C22H20N2O6/c1-12(21(28)24-15-9-7-14(8-10-15)23-13(2)25)30-22(29)18-11-19(26)16-5-3-4-6-17(16)20(18)27/h3-12,26-27H,1-2H3,(H,23,25)(H,24,28)/t12-/m1/s1. The first-order valence-electron chi connectivity index (χ1n) is 9.09. The molecule has 0 fully saturated rings. The summed E-state index contributed by atoms with van der Waals surface area (Å²) in [5.41, 5.74) is 0.778. The molecule has 0 aromatic heterocycles. The molecule has 3 aromatic rings. The van der Waals surface area contributed by atoms with Crippen molar-refractivity contribution in [1.29, 1.82) is 0 Å². The molecule has 4 N–H and O–H groups in total. The van der Waals surface area contributed by atoms with Gasteiger partial charge in [-0.1, -0.05) is 24.3 Å². The van der Waals surface area contributed by atoms with Gasteiger partial charge in [-0.3, -0.25) is 9.59 Å². The maximum atomic E-state index is 12.5. The highest BCUT2D eigenvalue weighted by Crippen LogP contribution is 2.35. The molecule has 0 radical (unpaired) electrons. The van der Waals surface area contributed by atoms with E-state index in [0.717, 1.165) is 6.07 Å². The highest BCUT2D eigenvalue weighted by molar-refractivity contribution is 6.05. The summed E-state index contributed by atoms with van der Waals surface area (Å²) < 4.78 is 5.15. The minimum absolute atomic E-state index is 0.188. The number of phenols is 2. The molecular formula is C22H20N2O6. The number of carbonyl (C=O) groups excluding carboxylic acids is 3. The Bertz CT molecular complexity index is 1120. The van der Waals surface area contributed by atoms with Crippen molar-refractivity contribution in [3.8, 4) is 11.5 Å². The number of rotatable bonds is 5. The van der Waals surface area contributed by atoms with Gasteiger partial charge in [0.25, 0.3) is 5.91 Å². The van der Waals surface area contributed by atoms with Gasteiger partial charge in [-0.25, -0.2) is 4.79 Å². The minimum Gasteiger partial charge on any atom is -0.507 e. The Morgan fingerprint density at radius 2 is 1.47 bits per heavy atom. The van der Waals surface area contributed by atoms with Gasteiger partial charge in [0.15, 0.2) is 6.10 Å². The van der Waals surface area contributed by atoms with E-state index in [4.69, 9.17) is 4.74 Å². The average molecular weight is 408 g/mol. The fourth-order valence-electron chi connectivity index (χ4n) is 2.86. The second-order valence-electron chi connectivity index (χ2n) is 6.63. The van der Waals surface area contributed by atoms with Crippen LogP contribution in [0.3, 0.4) is 0 Å². The minimum atomic E-state index is -1.17. The summed E-state index contributed by atoms with van der Waals surface area (Å²) in [6.45, 7) is 2.77. The first kappa shape index (κ1) is 20.7. The van der Waals surface area contributed by atoms with Gasteiger partial charge in [0.2, 0.25) is 5.91 Å². The molecule has 0 heterocycles. The lowest BCUT2D eigenvalue weighted by Crippen LogP contribution is -2.30. The molecule has 154 valence electrons. The molecule has 1 atom stereocenters. The van der Waals surface area contributed by atoms with Crippen LogP contribution in [0.4, 0.5) is 11.4 Å². The van der Waals surface area contributed by atoms with Crippen LogP contribution in [0, 0.1) is 0 Å². The van der Waals surface area contributed by atoms with Crippen molar-refractivity contribution in [2.75, 3.05) is 10.6 Å². The van der Waals surface area contributed by atoms with E-state index in [0.29, 0.717) is 22.1 Å². The summed E-state index contributed by atoms with van der Waals surface area (Å²) in [7, 11) is 0. The summed E-state index contributed by atoms with van der Waals surface area (Å²) in [6, 6.07) is 14.0. The molecule has 0 aliphatic rings. The number of hydrogen-bond donors (Lipinski definition) is 4. The topological polar surface area (TPSA) is 125 Å². The molecule has 3 aromatic carbocycles. The molecule has 2 amide bonds. The van der Waals surface area contributed by atoms with Crippen LogP contribution < -0.4 is 10.6 Å². The van der Waals surface area contributed by atoms with Gasteiger partial charge in [0, 0.05) is 29.1 Å². The fraction of sp³-hybridized carbons (Fsp3) is 0.136. The summed E-state index contributed by atoms with van der Waals surface area (Å²) in [5.74, 6) is -2.27. The van der Waals surface area contributed by atoms with Gasteiger partial charge in [0.05, 0.1) is 0 Å². The molecule has 30 heavy (non-hydrogen) atoms. The number of amides is 2. The summed E-state index contributed by atoms with van der Waals surface area (Å²) in [6.07, 6.45) is -1.17. The zero-order valence-corrected chi connectivity index (χ0v) is 16.3. The van der Waals surface area contributed by atoms with Gasteiger partial charge in [-0.05, 0) is 37.3 Å². The number of ether oxygens (including phenoxy) is 1. The third-order valence-electron chi connectivity index (χ3n) is 4.34. The molecule has 0 spiro atoms. The van der Waals surface area contributed by atoms with E-state index in [9.17, 15) is 24.6 Å². The smallest absolute Gasteiger partial charge is 0.342 e. The highest BCUT2D eigenvalue weighted by atomic mass is 16.5. The fourth-order valence-corrected chi connectivity index (χ4v) is 2.86. The lowest BCUT2D eigenvalue weighted by Gasteiger charge is -2.15. The van der Waals surface area contributed by atoms with Crippen molar-refractivity contribution in [3.63, 3.8) is 0 Å². The van der Waals surface area contributed by atoms with Crippen LogP contribution in [0.1, 0.15) is 24.2 Å². The van der Waals surface area contributed by atoms with Crippen molar-refractivity contribution < 1.29 is 29.3 Å². The van der Waals surface area contributed by atoms with Gasteiger partial charge >= 0.3 is 5.97 Å². The van der Waals surface area contributed by atoms with Gasteiger partial charge in [-0.15, -0.1) is 0 Å². The van der Waals surface area contributed by atoms with E-state index in [1.54, 1.807) is 48.5 Å².